The molecule has 0 radical (unpaired) electrons. The van der Waals surface area contributed by atoms with E-state index in [4.69, 9.17) is 4.98 Å². The van der Waals surface area contributed by atoms with Crippen molar-refractivity contribution >= 4 is 27.5 Å². The summed E-state index contributed by atoms with van der Waals surface area (Å²) in [4.78, 5) is 29.6. The molecule has 4 aromatic rings. The van der Waals surface area contributed by atoms with Gasteiger partial charge in [-0.15, -0.1) is 11.3 Å². The van der Waals surface area contributed by atoms with Gasteiger partial charge in [-0.1, -0.05) is 29.8 Å². The standard InChI is InChI=1S/C23H20N4OS/c1-14-3-5-16(6-4-14)18-11-19(20-12-24-8-9-25-20)26-23-22(18)17-7-10-27(15(2)28)13-21(17)29-23/h3-6,8-9,11-12H,7,10,13H2,1-2H3. The average Bonchev–Trinajstić information content (AvgIpc) is 3.12. The number of rotatable bonds is 2. The number of carbonyl (C=O) groups is 1. The van der Waals surface area contributed by atoms with Crippen LogP contribution in [0.15, 0.2) is 48.9 Å². The van der Waals surface area contributed by atoms with Crippen LogP contribution in [0.4, 0.5) is 0 Å². The lowest BCUT2D eigenvalue weighted by Crippen LogP contribution is -2.33. The van der Waals surface area contributed by atoms with E-state index in [0.717, 1.165) is 29.2 Å². The minimum absolute atomic E-state index is 0.125. The lowest BCUT2D eigenvalue weighted by molar-refractivity contribution is -0.129. The van der Waals surface area contributed by atoms with Gasteiger partial charge in [-0.3, -0.25) is 14.8 Å². The monoisotopic (exact) mass is 400 g/mol. The highest BCUT2D eigenvalue weighted by atomic mass is 32.1. The minimum Gasteiger partial charge on any atom is -0.337 e. The van der Waals surface area contributed by atoms with E-state index in [9.17, 15) is 4.79 Å². The Kier molecular flexibility index (Phi) is 4.36. The summed E-state index contributed by atoms with van der Waals surface area (Å²) in [5.74, 6) is 0.125. The van der Waals surface area contributed by atoms with Crippen molar-refractivity contribution in [1.29, 1.82) is 0 Å². The van der Waals surface area contributed by atoms with Crippen molar-refractivity contribution in [2.24, 2.45) is 0 Å². The van der Waals surface area contributed by atoms with Crippen LogP contribution in [-0.4, -0.2) is 32.3 Å². The first-order valence-electron chi connectivity index (χ1n) is 9.64. The quantitative estimate of drug-likeness (QED) is 0.492. The van der Waals surface area contributed by atoms with Gasteiger partial charge < -0.3 is 4.90 Å². The van der Waals surface area contributed by atoms with Gasteiger partial charge in [0.25, 0.3) is 0 Å². The molecule has 0 bridgehead atoms. The van der Waals surface area contributed by atoms with Crippen molar-refractivity contribution < 1.29 is 4.79 Å². The number of nitrogens with zero attached hydrogens (tertiary/aromatic N) is 4. The molecule has 6 heteroatoms. The number of aromatic nitrogens is 3. The smallest absolute Gasteiger partial charge is 0.219 e. The van der Waals surface area contributed by atoms with E-state index in [1.807, 2.05) is 4.90 Å². The number of pyridine rings is 1. The molecule has 0 unspecified atom stereocenters. The molecule has 0 N–H and O–H groups in total. The van der Waals surface area contributed by atoms with E-state index < -0.39 is 0 Å². The van der Waals surface area contributed by atoms with Crippen LogP contribution in [0.2, 0.25) is 0 Å². The van der Waals surface area contributed by atoms with Gasteiger partial charge in [-0.2, -0.15) is 0 Å². The van der Waals surface area contributed by atoms with Crippen LogP contribution < -0.4 is 0 Å². The van der Waals surface area contributed by atoms with E-state index in [2.05, 4.69) is 47.2 Å². The molecule has 4 heterocycles. The van der Waals surface area contributed by atoms with Gasteiger partial charge >= 0.3 is 0 Å². The predicted octanol–water partition coefficient (Wildman–Crippen LogP) is 4.63. The van der Waals surface area contributed by atoms with Crippen molar-refractivity contribution in [1.82, 2.24) is 19.9 Å². The zero-order chi connectivity index (χ0) is 20.0. The van der Waals surface area contributed by atoms with Crippen LogP contribution in [0.1, 0.15) is 22.9 Å². The summed E-state index contributed by atoms with van der Waals surface area (Å²) in [7, 11) is 0. The second-order valence-corrected chi connectivity index (χ2v) is 8.47. The molecule has 0 aliphatic carbocycles. The first kappa shape index (κ1) is 17.9. The van der Waals surface area contributed by atoms with Crippen LogP contribution in [0.3, 0.4) is 0 Å². The Morgan fingerprint density at radius 3 is 2.69 bits per heavy atom. The molecule has 5 rings (SSSR count). The lowest BCUT2D eigenvalue weighted by Gasteiger charge is -2.26. The third-order valence-electron chi connectivity index (χ3n) is 5.44. The summed E-state index contributed by atoms with van der Waals surface area (Å²) in [6, 6.07) is 10.7. The van der Waals surface area contributed by atoms with Gasteiger partial charge in [0.05, 0.1) is 18.4 Å². The van der Waals surface area contributed by atoms with Gasteiger partial charge in [0.1, 0.15) is 10.5 Å². The van der Waals surface area contributed by atoms with Gasteiger partial charge in [0.2, 0.25) is 5.91 Å². The second-order valence-electron chi connectivity index (χ2n) is 7.39. The number of aryl methyl sites for hydroxylation is 1. The molecule has 0 saturated heterocycles. The molecule has 5 nitrogen and oxygen atoms in total. The molecule has 3 aromatic heterocycles. The SMILES string of the molecule is CC(=O)N1CCc2c(sc3nc(-c4cnccn4)cc(-c4ccc(C)cc4)c23)C1. The fraction of sp³-hybridized carbons (Fsp3) is 0.217. The number of amides is 1. The highest BCUT2D eigenvalue weighted by Crippen LogP contribution is 2.41. The summed E-state index contributed by atoms with van der Waals surface area (Å²) < 4.78 is 0. The molecule has 0 saturated carbocycles. The number of thiophene rings is 1. The average molecular weight is 401 g/mol. The van der Waals surface area contributed by atoms with Crippen LogP contribution in [-0.2, 0) is 17.8 Å². The van der Waals surface area contributed by atoms with Crippen LogP contribution >= 0.6 is 11.3 Å². The Balaban J connectivity index is 1.75. The van der Waals surface area contributed by atoms with Crippen molar-refractivity contribution in [3.8, 4) is 22.5 Å². The van der Waals surface area contributed by atoms with Gasteiger partial charge in [0.15, 0.2) is 0 Å². The van der Waals surface area contributed by atoms with Crippen molar-refractivity contribution in [3.05, 3.63) is 64.9 Å². The fourth-order valence-electron chi connectivity index (χ4n) is 3.89. The van der Waals surface area contributed by atoms with Crippen LogP contribution in [0, 0.1) is 6.92 Å². The van der Waals surface area contributed by atoms with E-state index in [1.54, 1.807) is 36.9 Å². The van der Waals surface area contributed by atoms with E-state index in [0.29, 0.717) is 6.54 Å². The van der Waals surface area contributed by atoms with Crippen molar-refractivity contribution in [3.63, 3.8) is 0 Å². The Morgan fingerprint density at radius 1 is 1.14 bits per heavy atom. The van der Waals surface area contributed by atoms with Gasteiger partial charge in [-0.25, -0.2) is 4.98 Å². The van der Waals surface area contributed by atoms with E-state index >= 15 is 0 Å². The minimum atomic E-state index is 0.125. The maximum atomic E-state index is 11.9. The van der Waals surface area contributed by atoms with Crippen molar-refractivity contribution in [2.75, 3.05) is 6.54 Å². The maximum Gasteiger partial charge on any atom is 0.219 e. The second kappa shape index (κ2) is 7.04. The number of hydrogen-bond donors (Lipinski definition) is 0. The molecule has 0 fully saturated rings. The molecule has 29 heavy (non-hydrogen) atoms. The number of fused-ring (bicyclic) bond motifs is 3. The molecule has 1 aromatic carbocycles. The fourth-order valence-corrected chi connectivity index (χ4v) is 5.15. The summed E-state index contributed by atoms with van der Waals surface area (Å²) in [5, 5.41) is 1.21. The zero-order valence-electron chi connectivity index (χ0n) is 16.3. The molecule has 1 aliphatic rings. The Bertz CT molecular complexity index is 1220. The third-order valence-corrected chi connectivity index (χ3v) is 6.55. The Morgan fingerprint density at radius 2 is 1.97 bits per heavy atom. The zero-order valence-corrected chi connectivity index (χ0v) is 17.2. The van der Waals surface area contributed by atoms with Gasteiger partial charge in [-0.05, 0) is 36.1 Å². The van der Waals surface area contributed by atoms with E-state index in [-0.39, 0.29) is 5.91 Å². The first-order chi connectivity index (χ1) is 14.1. The molecular weight excluding hydrogens is 380 g/mol. The van der Waals surface area contributed by atoms with Gasteiger partial charge in [0, 0.05) is 36.1 Å². The molecule has 144 valence electrons. The van der Waals surface area contributed by atoms with Crippen LogP contribution in [0.25, 0.3) is 32.7 Å². The highest BCUT2D eigenvalue weighted by molar-refractivity contribution is 7.19. The van der Waals surface area contributed by atoms with E-state index in [1.165, 1.54) is 32.5 Å². The summed E-state index contributed by atoms with van der Waals surface area (Å²) in [6.07, 6.45) is 5.97. The topological polar surface area (TPSA) is 59.0 Å². The predicted molar refractivity (Wildman–Crippen MR) is 116 cm³/mol. The maximum absolute atomic E-state index is 11.9. The lowest BCUT2D eigenvalue weighted by atomic mass is 9.95. The normalized spacial score (nSPS) is 13.5. The summed E-state index contributed by atoms with van der Waals surface area (Å²) in [6.45, 7) is 5.16. The summed E-state index contributed by atoms with van der Waals surface area (Å²) >= 11 is 1.69. The molecule has 1 amide bonds. The van der Waals surface area contributed by atoms with Crippen molar-refractivity contribution in [2.45, 2.75) is 26.8 Å². The molecule has 1 aliphatic heterocycles. The first-order valence-corrected chi connectivity index (χ1v) is 10.5. The third kappa shape index (κ3) is 3.19. The highest BCUT2D eigenvalue weighted by Gasteiger charge is 2.25. The Hall–Kier alpha value is -3.12. The number of hydrogen-bond acceptors (Lipinski definition) is 5. The largest absolute Gasteiger partial charge is 0.337 e. The molecular formula is C23H20N4OS. The number of carbonyl (C=O) groups excluding carboxylic acids is 1. The summed E-state index contributed by atoms with van der Waals surface area (Å²) in [5.41, 5.74) is 6.49. The number of benzene rings is 1. The van der Waals surface area contributed by atoms with Crippen LogP contribution in [0.5, 0.6) is 0 Å². The Labute approximate surface area is 173 Å². The molecule has 0 spiro atoms. The molecule has 0 atom stereocenters.